The SMILES string of the molecule is CC(C)(C)OC(=O)N1CCN(N=Cc2cc(C#Cc3ccc(N4CCCC4)cc3)cc(F)c2O)CC1. The van der Waals surface area contributed by atoms with E-state index in [1.807, 2.05) is 32.9 Å². The van der Waals surface area contributed by atoms with Gasteiger partial charge in [-0.1, -0.05) is 11.8 Å². The molecule has 2 fully saturated rings. The summed E-state index contributed by atoms with van der Waals surface area (Å²) in [4.78, 5) is 16.2. The van der Waals surface area contributed by atoms with Gasteiger partial charge in [-0.25, -0.2) is 9.18 Å². The normalized spacial score (nSPS) is 16.3. The number of piperazine rings is 1. The number of rotatable bonds is 3. The van der Waals surface area contributed by atoms with Gasteiger partial charge in [0.15, 0.2) is 11.6 Å². The maximum Gasteiger partial charge on any atom is 0.410 e. The minimum atomic E-state index is -0.748. The van der Waals surface area contributed by atoms with E-state index < -0.39 is 17.2 Å². The molecule has 2 saturated heterocycles. The zero-order chi connectivity index (χ0) is 25.7. The van der Waals surface area contributed by atoms with Crippen LogP contribution in [0.5, 0.6) is 5.75 Å². The van der Waals surface area contributed by atoms with Gasteiger partial charge in [0, 0.05) is 48.6 Å². The first-order valence-electron chi connectivity index (χ1n) is 12.3. The fourth-order valence-electron chi connectivity index (χ4n) is 4.13. The molecule has 2 aliphatic rings. The number of carbonyl (C=O) groups is 1. The van der Waals surface area contributed by atoms with Crippen molar-refractivity contribution in [1.82, 2.24) is 9.91 Å². The number of hydrazone groups is 1. The minimum Gasteiger partial charge on any atom is -0.504 e. The topological polar surface area (TPSA) is 68.6 Å². The summed E-state index contributed by atoms with van der Waals surface area (Å²) in [5, 5.41) is 16.3. The van der Waals surface area contributed by atoms with E-state index in [4.69, 9.17) is 4.74 Å². The molecule has 2 aromatic carbocycles. The van der Waals surface area contributed by atoms with Gasteiger partial charge in [0.2, 0.25) is 0 Å². The van der Waals surface area contributed by atoms with Gasteiger partial charge in [0.05, 0.1) is 19.3 Å². The van der Waals surface area contributed by atoms with Crippen LogP contribution in [0, 0.1) is 17.7 Å². The molecule has 8 heteroatoms. The Hall–Kier alpha value is -3.73. The highest BCUT2D eigenvalue weighted by Crippen LogP contribution is 2.23. The van der Waals surface area contributed by atoms with Crippen molar-refractivity contribution in [2.45, 2.75) is 39.2 Å². The van der Waals surface area contributed by atoms with Crippen LogP contribution < -0.4 is 4.90 Å². The molecule has 7 nitrogen and oxygen atoms in total. The number of halogens is 1. The van der Waals surface area contributed by atoms with Crippen LogP contribution in [0.1, 0.15) is 50.3 Å². The second kappa shape index (κ2) is 10.9. The maximum absolute atomic E-state index is 14.4. The molecule has 0 bridgehead atoms. The van der Waals surface area contributed by atoms with Crippen molar-refractivity contribution in [3.05, 3.63) is 58.9 Å². The molecule has 0 unspecified atom stereocenters. The van der Waals surface area contributed by atoms with E-state index in [1.165, 1.54) is 30.8 Å². The van der Waals surface area contributed by atoms with Gasteiger partial charge in [-0.2, -0.15) is 5.10 Å². The van der Waals surface area contributed by atoms with E-state index in [-0.39, 0.29) is 11.7 Å². The van der Waals surface area contributed by atoms with Crippen LogP contribution in [0.2, 0.25) is 0 Å². The Morgan fingerprint density at radius 3 is 2.28 bits per heavy atom. The molecule has 1 amide bonds. The van der Waals surface area contributed by atoms with Crippen molar-refractivity contribution in [2.75, 3.05) is 44.2 Å². The molecule has 0 aromatic heterocycles. The highest BCUT2D eigenvalue weighted by molar-refractivity contribution is 5.84. The number of anilines is 1. The Bertz CT molecular complexity index is 1160. The van der Waals surface area contributed by atoms with E-state index >= 15 is 0 Å². The van der Waals surface area contributed by atoms with Crippen LogP contribution in [-0.4, -0.2) is 72.2 Å². The van der Waals surface area contributed by atoms with Gasteiger partial charge in [0.25, 0.3) is 0 Å². The number of carbonyl (C=O) groups excluding carboxylic acids is 1. The lowest BCUT2D eigenvalue weighted by atomic mass is 10.1. The van der Waals surface area contributed by atoms with E-state index in [9.17, 15) is 14.3 Å². The predicted molar refractivity (Wildman–Crippen MR) is 139 cm³/mol. The molecule has 1 N–H and O–H groups in total. The Morgan fingerprint density at radius 1 is 1.00 bits per heavy atom. The first-order chi connectivity index (χ1) is 17.2. The van der Waals surface area contributed by atoms with Crippen LogP contribution in [0.4, 0.5) is 14.9 Å². The molecule has 36 heavy (non-hydrogen) atoms. The maximum atomic E-state index is 14.4. The number of hydrogen-bond acceptors (Lipinski definition) is 6. The summed E-state index contributed by atoms with van der Waals surface area (Å²) in [5.41, 5.74) is 2.19. The molecular formula is C28H33FN4O3. The number of phenols is 1. The number of ether oxygens (including phenoxy) is 1. The lowest BCUT2D eigenvalue weighted by molar-refractivity contribution is 0.0148. The summed E-state index contributed by atoms with van der Waals surface area (Å²) in [6.45, 7) is 9.62. The fourth-order valence-corrected chi connectivity index (χ4v) is 4.13. The molecule has 0 spiro atoms. The smallest absolute Gasteiger partial charge is 0.410 e. The van der Waals surface area contributed by atoms with Gasteiger partial charge in [-0.05, 0) is 70.0 Å². The van der Waals surface area contributed by atoms with Crippen molar-refractivity contribution >= 4 is 18.0 Å². The molecule has 190 valence electrons. The molecule has 2 aliphatic heterocycles. The molecule has 0 aliphatic carbocycles. The second-order valence-electron chi connectivity index (χ2n) is 10.1. The van der Waals surface area contributed by atoms with Crippen molar-refractivity contribution in [3.8, 4) is 17.6 Å². The number of benzene rings is 2. The zero-order valence-electron chi connectivity index (χ0n) is 21.1. The van der Waals surface area contributed by atoms with Gasteiger partial charge < -0.3 is 19.6 Å². The standard InChI is InChI=1S/C28H33FN4O3/c1-28(2,3)36-27(35)32-14-16-33(17-15-32)30-20-23-18-22(19-25(29)26(23)34)7-6-21-8-10-24(11-9-21)31-12-4-5-13-31/h8-11,18-20,34H,4-5,12-17H2,1-3H3. The molecule has 4 rings (SSSR count). The quantitative estimate of drug-likeness (QED) is 0.508. The largest absolute Gasteiger partial charge is 0.504 e. The average Bonchev–Trinajstić information content (AvgIpc) is 3.38. The summed E-state index contributed by atoms with van der Waals surface area (Å²) in [7, 11) is 0. The van der Waals surface area contributed by atoms with Gasteiger partial charge in [-0.3, -0.25) is 5.01 Å². The van der Waals surface area contributed by atoms with E-state index in [0.29, 0.717) is 31.7 Å². The first-order valence-corrected chi connectivity index (χ1v) is 12.3. The molecule has 0 saturated carbocycles. The Kier molecular flexibility index (Phi) is 7.68. The molecular weight excluding hydrogens is 459 g/mol. The van der Waals surface area contributed by atoms with E-state index in [0.717, 1.165) is 18.7 Å². The third-order valence-corrected chi connectivity index (χ3v) is 6.05. The molecule has 0 radical (unpaired) electrons. The summed E-state index contributed by atoms with van der Waals surface area (Å²) >= 11 is 0. The lowest BCUT2D eigenvalue weighted by Crippen LogP contribution is -2.48. The third kappa shape index (κ3) is 6.69. The lowest BCUT2D eigenvalue weighted by Gasteiger charge is -2.34. The number of phenolic OH excluding ortho intramolecular Hbond substituents is 1. The highest BCUT2D eigenvalue weighted by Gasteiger charge is 2.25. The second-order valence-corrected chi connectivity index (χ2v) is 10.1. The molecule has 2 heterocycles. The van der Waals surface area contributed by atoms with Crippen LogP contribution in [-0.2, 0) is 4.74 Å². The number of hydrogen-bond donors (Lipinski definition) is 1. The number of amides is 1. The van der Waals surface area contributed by atoms with E-state index in [2.05, 4.69) is 34.0 Å². The first kappa shape index (κ1) is 25.4. The van der Waals surface area contributed by atoms with E-state index in [1.54, 1.807) is 16.0 Å². The van der Waals surface area contributed by atoms with Crippen LogP contribution in [0.25, 0.3) is 0 Å². The van der Waals surface area contributed by atoms with Crippen LogP contribution in [0.15, 0.2) is 41.5 Å². The van der Waals surface area contributed by atoms with Gasteiger partial charge in [-0.15, -0.1) is 0 Å². The highest BCUT2D eigenvalue weighted by atomic mass is 19.1. The summed E-state index contributed by atoms with van der Waals surface area (Å²) in [5.74, 6) is 4.84. The van der Waals surface area contributed by atoms with Crippen molar-refractivity contribution in [3.63, 3.8) is 0 Å². The zero-order valence-corrected chi connectivity index (χ0v) is 21.1. The number of nitrogens with zero attached hydrogens (tertiary/aromatic N) is 4. The van der Waals surface area contributed by atoms with Crippen LogP contribution in [0.3, 0.4) is 0 Å². The average molecular weight is 493 g/mol. The number of aromatic hydroxyl groups is 1. The van der Waals surface area contributed by atoms with Gasteiger partial charge in [0.1, 0.15) is 5.60 Å². The Labute approximate surface area is 212 Å². The minimum absolute atomic E-state index is 0.248. The monoisotopic (exact) mass is 492 g/mol. The Balaban J connectivity index is 1.39. The summed E-state index contributed by atoms with van der Waals surface area (Å²) < 4.78 is 19.8. The Morgan fingerprint density at radius 2 is 1.64 bits per heavy atom. The van der Waals surface area contributed by atoms with Crippen molar-refractivity contribution in [1.29, 1.82) is 0 Å². The summed E-state index contributed by atoms with van der Waals surface area (Å²) in [6.07, 6.45) is 3.53. The molecule has 0 atom stereocenters. The summed E-state index contributed by atoms with van der Waals surface area (Å²) in [6, 6.07) is 10.9. The van der Waals surface area contributed by atoms with Gasteiger partial charge >= 0.3 is 6.09 Å². The predicted octanol–water partition coefficient (Wildman–Crippen LogP) is 4.42. The van der Waals surface area contributed by atoms with Crippen molar-refractivity contribution in [2.24, 2.45) is 5.10 Å². The molecule has 2 aromatic rings. The third-order valence-electron chi connectivity index (χ3n) is 6.05. The fraction of sp³-hybridized carbons (Fsp3) is 0.429. The van der Waals surface area contributed by atoms with Crippen molar-refractivity contribution < 1.29 is 19.0 Å². The van der Waals surface area contributed by atoms with Crippen LogP contribution >= 0.6 is 0 Å².